The van der Waals surface area contributed by atoms with E-state index >= 15 is 0 Å². The standard InChI is InChI=1S/C21H20N6O/c1-21(17-6-7-17,19-27-18(12-28-19)15-10-25-26-11-15)16-4-2-13(3-5-16)14-8-23-20(22)24-9-14/h2-5,8-12,17H,6-7H2,1H3,(H,25,26)(H2,22,23,24). The van der Waals surface area contributed by atoms with Crippen LogP contribution in [0.2, 0.25) is 0 Å². The Labute approximate surface area is 162 Å². The van der Waals surface area contributed by atoms with Crippen LogP contribution in [0, 0.1) is 5.92 Å². The van der Waals surface area contributed by atoms with Crippen molar-refractivity contribution in [3.8, 4) is 22.4 Å². The summed E-state index contributed by atoms with van der Waals surface area (Å²) < 4.78 is 5.95. The Morgan fingerprint density at radius 2 is 1.79 bits per heavy atom. The number of benzene rings is 1. The molecule has 3 N–H and O–H groups in total. The van der Waals surface area contributed by atoms with Gasteiger partial charge in [-0.3, -0.25) is 5.10 Å². The first-order valence-corrected chi connectivity index (χ1v) is 9.28. The number of aromatic nitrogens is 5. The van der Waals surface area contributed by atoms with Crippen LogP contribution < -0.4 is 5.73 Å². The highest BCUT2D eigenvalue weighted by Crippen LogP contribution is 2.51. The molecule has 4 aromatic rings. The molecule has 5 rings (SSSR count). The van der Waals surface area contributed by atoms with Crippen LogP contribution in [0.1, 0.15) is 31.2 Å². The highest BCUT2D eigenvalue weighted by molar-refractivity contribution is 5.63. The minimum Gasteiger partial charge on any atom is -0.447 e. The summed E-state index contributed by atoms with van der Waals surface area (Å²) in [6.07, 6.45) is 11.1. The molecule has 0 spiro atoms. The molecule has 0 radical (unpaired) electrons. The minimum absolute atomic E-state index is 0.266. The SMILES string of the molecule is CC(c1ccc(-c2cnc(N)nc2)cc1)(c1nc(-c2cn[nH]c2)co1)C1CC1. The predicted octanol–water partition coefficient (Wildman–Crippen LogP) is 3.82. The molecule has 140 valence electrons. The van der Waals surface area contributed by atoms with Gasteiger partial charge in [0.15, 0.2) is 0 Å². The Morgan fingerprint density at radius 1 is 1.04 bits per heavy atom. The molecular formula is C21H20N6O. The number of nitrogens with zero attached hydrogens (tertiary/aromatic N) is 4. The van der Waals surface area contributed by atoms with E-state index in [9.17, 15) is 0 Å². The van der Waals surface area contributed by atoms with Crippen LogP contribution in [0.15, 0.2) is 59.7 Å². The number of nitrogen functional groups attached to an aromatic ring is 1. The molecule has 0 amide bonds. The number of oxazole rings is 1. The second kappa shape index (κ2) is 6.30. The summed E-state index contributed by atoms with van der Waals surface area (Å²) in [5.74, 6) is 1.54. The summed E-state index contributed by atoms with van der Waals surface area (Å²) in [5.41, 5.74) is 10.2. The lowest BCUT2D eigenvalue weighted by Gasteiger charge is -2.27. The van der Waals surface area contributed by atoms with Gasteiger partial charge in [-0.1, -0.05) is 24.3 Å². The van der Waals surface area contributed by atoms with E-state index in [2.05, 4.69) is 51.4 Å². The van der Waals surface area contributed by atoms with Crippen molar-refractivity contribution in [1.29, 1.82) is 0 Å². The molecule has 0 bridgehead atoms. The number of anilines is 1. The normalized spacial score (nSPS) is 16.0. The monoisotopic (exact) mass is 372 g/mol. The van der Waals surface area contributed by atoms with Crippen LogP contribution in [-0.4, -0.2) is 25.1 Å². The van der Waals surface area contributed by atoms with E-state index in [0.29, 0.717) is 5.92 Å². The topological polar surface area (TPSA) is 107 Å². The Balaban J connectivity index is 1.50. The maximum atomic E-state index is 5.95. The molecule has 0 saturated heterocycles. The molecule has 1 saturated carbocycles. The molecule has 7 heteroatoms. The van der Waals surface area contributed by atoms with Gasteiger partial charge in [-0.2, -0.15) is 5.10 Å². The maximum Gasteiger partial charge on any atom is 0.219 e. The fraction of sp³-hybridized carbons (Fsp3) is 0.238. The molecule has 1 aliphatic carbocycles. The van der Waals surface area contributed by atoms with E-state index in [4.69, 9.17) is 15.1 Å². The lowest BCUT2D eigenvalue weighted by Crippen LogP contribution is -2.26. The van der Waals surface area contributed by atoms with Crippen molar-refractivity contribution in [3.05, 3.63) is 66.8 Å². The molecule has 3 aromatic heterocycles. The highest BCUT2D eigenvalue weighted by Gasteiger charge is 2.47. The average molecular weight is 372 g/mol. The number of hydrogen-bond donors (Lipinski definition) is 2. The van der Waals surface area contributed by atoms with Crippen LogP contribution in [0.3, 0.4) is 0 Å². The number of nitrogens with one attached hydrogen (secondary N) is 1. The van der Waals surface area contributed by atoms with E-state index in [-0.39, 0.29) is 11.4 Å². The predicted molar refractivity (Wildman–Crippen MR) is 105 cm³/mol. The van der Waals surface area contributed by atoms with Crippen molar-refractivity contribution in [2.24, 2.45) is 5.92 Å². The van der Waals surface area contributed by atoms with Crippen LogP contribution in [-0.2, 0) is 5.41 Å². The van der Waals surface area contributed by atoms with Gasteiger partial charge in [-0.15, -0.1) is 0 Å². The molecule has 7 nitrogen and oxygen atoms in total. The van der Waals surface area contributed by atoms with Gasteiger partial charge in [0, 0.05) is 29.7 Å². The van der Waals surface area contributed by atoms with E-state index in [1.807, 2.05) is 6.20 Å². The van der Waals surface area contributed by atoms with Gasteiger partial charge in [0.2, 0.25) is 11.8 Å². The Morgan fingerprint density at radius 3 is 2.43 bits per heavy atom. The minimum atomic E-state index is -0.266. The van der Waals surface area contributed by atoms with Crippen LogP contribution in [0.25, 0.3) is 22.4 Å². The van der Waals surface area contributed by atoms with Crippen LogP contribution in [0.5, 0.6) is 0 Å². The Bertz CT molecular complexity index is 1080. The fourth-order valence-corrected chi connectivity index (χ4v) is 3.73. The van der Waals surface area contributed by atoms with Gasteiger partial charge in [-0.05, 0) is 36.8 Å². The fourth-order valence-electron chi connectivity index (χ4n) is 3.73. The number of nitrogens with two attached hydrogens (primary N) is 1. The third-order valence-electron chi connectivity index (χ3n) is 5.63. The molecule has 0 aliphatic heterocycles. The summed E-state index contributed by atoms with van der Waals surface area (Å²) in [7, 11) is 0. The van der Waals surface area contributed by atoms with E-state index in [1.165, 1.54) is 18.4 Å². The van der Waals surface area contributed by atoms with E-state index < -0.39 is 0 Å². The quantitative estimate of drug-likeness (QED) is 0.551. The van der Waals surface area contributed by atoms with Gasteiger partial charge in [-0.25, -0.2) is 15.0 Å². The van der Waals surface area contributed by atoms with Crippen LogP contribution >= 0.6 is 0 Å². The van der Waals surface area contributed by atoms with Crippen molar-refractivity contribution in [2.75, 3.05) is 5.73 Å². The van der Waals surface area contributed by atoms with Crippen molar-refractivity contribution in [2.45, 2.75) is 25.2 Å². The van der Waals surface area contributed by atoms with E-state index in [0.717, 1.165) is 28.3 Å². The molecular weight excluding hydrogens is 352 g/mol. The zero-order valence-electron chi connectivity index (χ0n) is 15.5. The number of H-pyrrole nitrogens is 1. The molecule has 1 atom stereocenters. The Kier molecular flexibility index (Phi) is 3.75. The molecule has 1 aromatic carbocycles. The maximum absolute atomic E-state index is 5.95. The summed E-state index contributed by atoms with van der Waals surface area (Å²) in [6, 6.07) is 8.47. The number of rotatable bonds is 5. The third-order valence-corrected chi connectivity index (χ3v) is 5.63. The molecule has 28 heavy (non-hydrogen) atoms. The van der Waals surface area contributed by atoms with Crippen molar-refractivity contribution >= 4 is 5.95 Å². The number of hydrogen-bond acceptors (Lipinski definition) is 6. The summed E-state index contributed by atoms with van der Waals surface area (Å²) in [5, 5.41) is 6.81. The first kappa shape index (κ1) is 16.7. The van der Waals surface area contributed by atoms with Gasteiger partial charge >= 0.3 is 0 Å². The highest BCUT2D eigenvalue weighted by atomic mass is 16.3. The van der Waals surface area contributed by atoms with Crippen molar-refractivity contribution < 1.29 is 4.42 Å². The Hall–Kier alpha value is -3.48. The summed E-state index contributed by atoms with van der Waals surface area (Å²) in [4.78, 5) is 12.9. The summed E-state index contributed by atoms with van der Waals surface area (Å²) in [6.45, 7) is 2.22. The van der Waals surface area contributed by atoms with Gasteiger partial charge < -0.3 is 10.2 Å². The molecule has 1 aliphatic rings. The first-order valence-electron chi connectivity index (χ1n) is 9.28. The number of aromatic amines is 1. The molecule has 1 unspecified atom stereocenters. The second-order valence-electron chi connectivity index (χ2n) is 7.41. The summed E-state index contributed by atoms with van der Waals surface area (Å²) >= 11 is 0. The third kappa shape index (κ3) is 2.76. The first-order chi connectivity index (χ1) is 13.6. The lowest BCUT2D eigenvalue weighted by atomic mass is 9.77. The van der Waals surface area contributed by atoms with Crippen molar-refractivity contribution in [3.63, 3.8) is 0 Å². The zero-order chi connectivity index (χ0) is 19.1. The molecule has 3 heterocycles. The zero-order valence-corrected chi connectivity index (χ0v) is 15.5. The van der Waals surface area contributed by atoms with Crippen LogP contribution in [0.4, 0.5) is 5.95 Å². The second-order valence-corrected chi connectivity index (χ2v) is 7.41. The molecule has 1 fully saturated rings. The van der Waals surface area contributed by atoms with Gasteiger partial charge in [0.05, 0.1) is 11.6 Å². The average Bonchev–Trinajstić information content (AvgIpc) is 3.23. The van der Waals surface area contributed by atoms with Gasteiger partial charge in [0.25, 0.3) is 0 Å². The smallest absolute Gasteiger partial charge is 0.219 e. The largest absolute Gasteiger partial charge is 0.447 e. The van der Waals surface area contributed by atoms with Gasteiger partial charge in [0.1, 0.15) is 12.0 Å². The lowest BCUT2D eigenvalue weighted by molar-refractivity contribution is 0.357. The van der Waals surface area contributed by atoms with Crippen molar-refractivity contribution in [1.82, 2.24) is 25.1 Å². The van der Waals surface area contributed by atoms with E-state index in [1.54, 1.807) is 24.9 Å².